The molecule has 0 unspecified atom stereocenters. The lowest BCUT2D eigenvalue weighted by Crippen LogP contribution is -2.59. The summed E-state index contributed by atoms with van der Waals surface area (Å²) in [7, 11) is 1.27. The zero-order chi connectivity index (χ0) is 18.4. The average Bonchev–Trinajstić information content (AvgIpc) is 2.64. The second-order valence-electron chi connectivity index (χ2n) is 5.44. The quantitative estimate of drug-likeness (QED) is 0.582. The second-order valence-corrected chi connectivity index (χ2v) is 5.44. The van der Waals surface area contributed by atoms with Gasteiger partial charge in [-0.15, -0.1) is 0 Å². The maximum absolute atomic E-state index is 12.9. The van der Waals surface area contributed by atoms with Crippen LogP contribution < -0.4 is 4.90 Å². The van der Waals surface area contributed by atoms with E-state index in [0.717, 1.165) is 4.90 Å². The maximum atomic E-state index is 12.9. The first-order valence-corrected chi connectivity index (χ1v) is 8.03. The smallest absolute Gasteiger partial charge is 0.331 e. The molecule has 1 aromatic rings. The van der Waals surface area contributed by atoms with Crippen LogP contribution in [0.1, 0.15) is 13.3 Å². The first kappa shape index (κ1) is 18.4. The van der Waals surface area contributed by atoms with Crippen LogP contribution in [0.5, 0.6) is 0 Å². The van der Waals surface area contributed by atoms with Gasteiger partial charge in [-0.05, 0) is 19.1 Å². The highest BCUT2D eigenvalue weighted by Gasteiger charge is 2.37. The minimum atomic E-state index is -0.850. The van der Waals surface area contributed by atoms with E-state index in [9.17, 15) is 19.2 Å². The van der Waals surface area contributed by atoms with Gasteiger partial charge in [-0.3, -0.25) is 24.2 Å². The molecule has 8 nitrogen and oxygen atoms in total. The van der Waals surface area contributed by atoms with E-state index in [1.165, 1.54) is 16.9 Å². The van der Waals surface area contributed by atoms with Crippen LogP contribution in [-0.4, -0.2) is 66.9 Å². The molecule has 1 aliphatic rings. The van der Waals surface area contributed by atoms with E-state index < -0.39 is 23.8 Å². The number of urea groups is 1. The SMILES string of the molecule is CCN1CCN(C(=O)N(CCC(=O)OC)c2ccccc2)C(=O)C1=O. The minimum Gasteiger partial charge on any atom is -0.469 e. The molecule has 0 N–H and O–H groups in total. The number of hydrogen-bond donors (Lipinski definition) is 0. The average molecular weight is 347 g/mol. The molecule has 1 fully saturated rings. The summed E-state index contributed by atoms with van der Waals surface area (Å²) in [6.45, 7) is 2.66. The number of esters is 1. The van der Waals surface area contributed by atoms with E-state index in [2.05, 4.69) is 4.74 Å². The number of hydrogen-bond acceptors (Lipinski definition) is 5. The number of carbonyl (C=O) groups excluding carboxylic acids is 4. The number of likely N-dealkylation sites (N-methyl/N-ethyl adjacent to an activating group) is 1. The highest BCUT2D eigenvalue weighted by atomic mass is 16.5. The van der Waals surface area contributed by atoms with Gasteiger partial charge in [-0.1, -0.05) is 18.2 Å². The topological polar surface area (TPSA) is 87.2 Å². The van der Waals surface area contributed by atoms with Crippen LogP contribution >= 0.6 is 0 Å². The molecule has 4 amide bonds. The molecule has 0 radical (unpaired) electrons. The Bertz CT molecular complexity index is 662. The van der Waals surface area contributed by atoms with E-state index in [1.807, 2.05) is 0 Å². The van der Waals surface area contributed by atoms with Crippen molar-refractivity contribution in [2.75, 3.05) is 38.2 Å². The van der Waals surface area contributed by atoms with Crippen LogP contribution in [0.2, 0.25) is 0 Å². The molecule has 25 heavy (non-hydrogen) atoms. The molecule has 0 aromatic heterocycles. The van der Waals surface area contributed by atoms with Crippen molar-refractivity contribution in [3.05, 3.63) is 30.3 Å². The lowest BCUT2D eigenvalue weighted by Gasteiger charge is -2.35. The Hall–Kier alpha value is -2.90. The largest absolute Gasteiger partial charge is 0.469 e. The van der Waals surface area contributed by atoms with Crippen molar-refractivity contribution < 1.29 is 23.9 Å². The molecular formula is C17H21N3O5. The molecule has 134 valence electrons. The minimum absolute atomic E-state index is 0.0196. The van der Waals surface area contributed by atoms with E-state index in [-0.39, 0.29) is 19.5 Å². The zero-order valence-electron chi connectivity index (χ0n) is 14.3. The molecular weight excluding hydrogens is 326 g/mol. The van der Waals surface area contributed by atoms with Crippen LogP contribution in [0.4, 0.5) is 10.5 Å². The standard InChI is InChI=1S/C17H21N3O5/c1-3-18-11-12-20(16(23)15(18)22)17(24)19(10-9-14(21)25-2)13-7-5-4-6-8-13/h4-8H,3,9-12H2,1-2H3. The molecule has 0 saturated carbocycles. The fourth-order valence-corrected chi connectivity index (χ4v) is 2.55. The van der Waals surface area contributed by atoms with Gasteiger partial charge in [0.1, 0.15) is 0 Å². The molecule has 1 aliphatic heterocycles. The number of amides is 4. The molecule has 1 aromatic carbocycles. The van der Waals surface area contributed by atoms with E-state index in [4.69, 9.17) is 0 Å². The molecule has 2 rings (SSSR count). The van der Waals surface area contributed by atoms with Crippen molar-refractivity contribution in [3.63, 3.8) is 0 Å². The summed E-state index contributed by atoms with van der Waals surface area (Å²) in [5, 5.41) is 0. The highest BCUT2D eigenvalue weighted by molar-refractivity contribution is 6.38. The third-order valence-corrected chi connectivity index (χ3v) is 3.99. The Balaban J connectivity index is 2.21. The lowest BCUT2D eigenvalue weighted by atomic mass is 10.2. The van der Waals surface area contributed by atoms with Crippen molar-refractivity contribution in [2.24, 2.45) is 0 Å². The van der Waals surface area contributed by atoms with Crippen molar-refractivity contribution >= 4 is 29.5 Å². The molecule has 0 spiro atoms. The Morgan fingerprint density at radius 2 is 1.80 bits per heavy atom. The zero-order valence-corrected chi connectivity index (χ0v) is 14.3. The number of imide groups is 1. The van der Waals surface area contributed by atoms with Gasteiger partial charge in [-0.2, -0.15) is 0 Å². The Morgan fingerprint density at radius 3 is 2.40 bits per heavy atom. The fraction of sp³-hybridized carbons (Fsp3) is 0.412. The monoisotopic (exact) mass is 347 g/mol. The number of ether oxygens (including phenoxy) is 1. The molecule has 0 bridgehead atoms. The number of para-hydroxylation sites is 1. The van der Waals surface area contributed by atoms with Gasteiger partial charge in [0.05, 0.1) is 13.5 Å². The number of nitrogens with zero attached hydrogens (tertiary/aromatic N) is 3. The van der Waals surface area contributed by atoms with Crippen molar-refractivity contribution in [1.82, 2.24) is 9.80 Å². The van der Waals surface area contributed by atoms with Crippen LogP contribution in [0, 0.1) is 0 Å². The van der Waals surface area contributed by atoms with Gasteiger partial charge in [-0.25, -0.2) is 4.79 Å². The number of carbonyl (C=O) groups is 4. The fourth-order valence-electron chi connectivity index (χ4n) is 2.55. The van der Waals surface area contributed by atoms with Crippen LogP contribution in [0.15, 0.2) is 30.3 Å². The van der Waals surface area contributed by atoms with Gasteiger partial charge in [0.25, 0.3) is 0 Å². The van der Waals surface area contributed by atoms with Crippen LogP contribution in [0.25, 0.3) is 0 Å². The van der Waals surface area contributed by atoms with E-state index in [0.29, 0.717) is 18.8 Å². The molecule has 1 heterocycles. The Labute approximate surface area is 145 Å². The predicted molar refractivity (Wildman–Crippen MR) is 89.8 cm³/mol. The van der Waals surface area contributed by atoms with Gasteiger partial charge >= 0.3 is 23.8 Å². The maximum Gasteiger partial charge on any atom is 0.331 e. The van der Waals surface area contributed by atoms with Gasteiger partial charge in [0, 0.05) is 31.9 Å². The third kappa shape index (κ3) is 4.14. The molecule has 1 saturated heterocycles. The summed E-state index contributed by atoms with van der Waals surface area (Å²) in [6, 6.07) is 8.06. The van der Waals surface area contributed by atoms with Crippen molar-refractivity contribution in [3.8, 4) is 0 Å². The molecule has 0 atom stereocenters. The number of anilines is 1. The number of rotatable bonds is 5. The van der Waals surface area contributed by atoms with Crippen molar-refractivity contribution in [2.45, 2.75) is 13.3 Å². The van der Waals surface area contributed by atoms with E-state index in [1.54, 1.807) is 37.3 Å². The lowest BCUT2D eigenvalue weighted by molar-refractivity contribution is -0.153. The summed E-state index contributed by atoms with van der Waals surface area (Å²) in [5.74, 6) is -2.01. The second kappa shape index (κ2) is 8.27. The van der Waals surface area contributed by atoms with Gasteiger partial charge < -0.3 is 9.64 Å². The van der Waals surface area contributed by atoms with Gasteiger partial charge in [0.2, 0.25) is 0 Å². The Kier molecular flexibility index (Phi) is 6.10. The van der Waals surface area contributed by atoms with Gasteiger partial charge in [0.15, 0.2) is 0 Å². The molecule has 8 heteroatoms. The highest BCUT2D eigenvalue weighted by Crippen LogP contribution is 2.18. The third-order valence-electron chi connectivity index (χ3n) is 3.99. The van der Waals surface area contributed by atoms with Crippen molar-refractivity contribution in [1.29, 1.82) is 0 Å². The number of benzene rings is 1. The predicted octanol–water partition coefficient (Wildman–Crippen LogP) is 0.867. The van der Waals surface area contributed by atoms with Crippen LogP contribution in [-0.2, 0) is 19.1 Å². The van der Waals surface area contributed by atoms with Crippen LogP contribution in [0.3, 0.4) is 0 Å². The van der Waals surface area contributed by atoms with E-state index >= 15 is 0 Å². The summed E-state index contributed by atoms with van der Waals surface area (Å²) in [5.41, 5.74) is 0.537. The Morgan fingerprint density at radius 1 is 1.12 bits per heavy atom. The first-order valence-electron chi connectivity index (χ1n) is 8.03. The first-order chi connectivity index (χ1) is 12.0. The number of methoxy groups -OCH3 is 1. The normalized spacial score (nSPS) is 14.5. The summed E-state index contributed by atoms with van der Waals surface area (Å²) < 4.78 is 4.61. The summed E-state index contributed by atoms with van der Waals surface area (Å²) >= 11 is 0. The summed E-state index contributed by atoms with van der Waals surface area (Å²) in [6.07, 6.45) is -0.0196. The summed E-state index contributed by atoms with van der Waals surface area (Å²) in [4.78, 5) is 52.2. The number of piperazine rings is 1. The molecule has 0 aliphatic carbocycles.